The van der Waals surface area contributed by atoms with Crippen LogP contribution in [0.15, 0.2) is 30.5 Å². The monoisotopic (exact) mass is 301 g/mol. The van der Waals surface area contributed by atoms with E-state index in [-0.39, 0.29) is 11.9 Å². The van der Waals surface area contributed by atoms with Crippen molar-refractivity contribution in [1.29, 1.82) is 0 Å². The Morgan fingerprint density at radius 1 is 1.32 bits per heavy atom. The average molecular weight is 301 g/mol. The van der Waals surface area contributed by atoms with E-state index in [1.807, 2.05) is 49.5 Å². The lowest BCUT2D eigenvalue weighted by Crippen LogP contribution is -2.38. The lowest BCUT2D eigenvalue weighted by atomic mass is 10.1. The highest BCUT2D eigenvalue weighted by molar-refractivity contribution is 6.07. The summed E-state index contributed by atoms with van der Waals surface area (Å²) in [6.45, 7) is 3.87. The van der Waals surface area contributed by atoms with Gasteiger partial charge in [-0.15, -0.1) is 0 Å². The lowest BCUT2D eigenvalue weighted by molar-refractivity contribution is 0.0765. The minimum atomic E-state index is -0.488. The fraction of sp³-hybridized carbons (Fsp3) is 0.471. The van der Waals surface area contributed by atoms with Crippen LogP contribution in [0.3, 0.4) is 0 Å². The number of benzene rings is 1. The maximum atomic E-state index is 12.9. The van der Waals surface area contributed by atoms with E-state index >= 15 is 0 Å². The molecule has 1 aromatic carbocycles. The van der Waals surface area contributed by atoms with Crippen LogP contribution >= 0.6 is 0 Å². The third-order valence-corrected chi connectivity index (χ3v) is 4.57. The van der Waals surface area contributed by atoms with Gasteiger partial charge in [0.15, 0.2) is 0 Å². The van der Waals surface area contributed by atoms with Crippen LogP contribution < -0.4 is 0 Å². The summed E-state index contributed by atoms with van der Waals surface area (Å²) in [4.78, 5) is 16.6. The van der Waals surface area contributed by atoms with Crippen LogP contribution in [0.25, 0.3) is 10.9 Å². The van der Waals surface area contributed by atoms with Crippen LogP contribution in [-0.2, 0) is 6.54 Å². The van der Waals surface area contributed by atoms with Crippen LogP contribution in [0.5, 0.6) is 0 Å². The number of amides is 1. The zero-order valence-electron chi connectivity index (χ0n) is 13.4. The van der Waals surface area contributed by atoms with Crippen molar-refractivity contribution in [3.63, 3.8) is 0 Å². The highest BCUT2D eigenvalue weighted by atomic mass is 16.3. The molecule has 0 unspecified atom stereocenters. The summed E-state index contributed by atoms with van der Waals surface area (Å²) in [5, 5.41) is 11.1. The molecule has 0 saturated carbocycles. The van der Waals surface area contributed by atoms with E-state index in [4.69, 9.17) is 0 Å². The second-order valence-corrected chi connectivity index (χ2v) is 6.15. The van der Waals surface area contributed by atoms with Gasteiger partial charge >= 0.3 is 0 Å². The number of rotatable bonds is 3. The Kier molecular flexibility index (Phi) is 3.93. The second-order valence-electron chi connectivity index (χ2n) is 6.15. The number of carbonyl (C=O) groups excluding carboxylic acids is 1. The van der Waals surface area contributed by atoms with Crippen molar-refractivity contribution >= 4 is 16.8 Å². The minimum absolute atomic E-state index is 0.00322. The van der Waals surface area contributed by atoms with Crippen LogP contribution in [-0.4, -0.2) is 64.7 Å². The van der Waals surface area contributed by atoms with E-state index in [1.165, 1.54) is 0 Å². The molecule has 1 saturated heterocycles. The average Bonchev–Trinajstić information content (AvgIpc) is 3.07. The van der Waals surface area contributed by atoms with Gasteiger partial charge in [0, 0.05) is 36.7 Å². The topological polar surface area (TPSA) is 48.7 Å². The molecular weight excluding hydrogens is 278 g/mol. The van der Waals surface area contributed by atoms with Gasteiger partial charge in [-0.25, -0.2) is 0 Å². The summed E-state index contributed by atoms with van der Waals surface area (Å²) in [7, 11) is 3.87. The predicted octanol–water partition coefficient (Wildman–Crippen LogP) is 1.41. The normalized spacial score (nSPS) is 22.0. The number of nitrogens with zero attached hydrogens (tertiary/aromatic N) is 3. The van der Waals surface area contributed by atoms with E-state index in [0.29, 0.717) is 13.1 Å². The number of hydrogen-bond acceptors (Lipinski definition) is 3. The number of likely N-dealkylation sites (N-methyl/N-ethyl adjacent to an activating group) is 1. The smallest absolute Gasteiger partial charge is 0.256 e. The first-order chi connectivity index (χ1) is 10.5. The number of para-hydroxylation sites is 1. The first-order valence-electron chi connectivity index (χ1n) is 7.74. The van der Waals surface area contributed by atoms with Gasteiger partial charge in [-0.3, -0.25) is 4.79 Å². The third kappa shape index (κ3) is 2.40. The highest BCUT2D eigenvalue weighted by Crippen LogP contribution is 2.25. The molecule has 1 aromatic heterocycles. The molecule has 2 heterocycles. The first kappa shape index (κ1) is 15.1. The van der Waals surface area contributed by atoms with Crippen molar-refractivity contribution in [3.8, 4) is 0 Å². The Hall–Kier alpha value is -1.85. The SMILES string of the molecule is CCn1cc(C(=O)N2C[C@@H](O)[C@H](N(C)C)C2)c2ccccc21. The molecule has 1 aliphatic heterocycles. The lowest BCUT2D eigenvalue weighted by Gasteiger charge is -2.21. The molecule has 118 valence electrons. The molecule has 0 radical (unpaired) electrons. The Bertz CT molecular complexity index is 692. The van der Waals surface area contributed by atoms with Gasteiger partial charge in [0.05, 0.1) is 17.7 Å². The molecule has 2 aromatic rings. The van der Waals surface area contributed by atoms with E-state index < -0.39 is 6.10 Å². The second kappa shape index (κ2) is 5.74. The van der Waals surface area contributed by atoms with Gasteiger partial charge in [-0.1, -0.05) is 18.2 Å². The number of likely N-dealkylation sites (tertiary alicyclic amines) is 1. The Labute approximate surface area is 130 Å². The minimum Gasteiger partial charge on any atom is -0.390 e. The number of hydrogen-bond donors (Lipinski definition) is 1. The molecular formula is C17H23N3O2. The number of aryl methyl sites for hydroxylation is 1. The van der Waals surface area contributed by atoms with E-state index in [2.05, 4.69) is 11.5 Å². The molecule has 0 aliphatic carbocycles. The Balaban J connectivity index is 1.93. The summed E-state index contributed by atoms with van der Waals surface area (Å²) in [6, 6.07) is 7.98. The molecule has 5 heteroatoms. The van der Waals surface area contributed by atoms with E-state index in [9.17, 15) is 9.90 Å². The van der Waals surface area contributed by atoms with Gasteiger partial charge < -0.3 is 19.5 Å². The largest absolute Gasteiger partial charge is 0.390 e. The number of β-amino-alcohol motifs (C(OH)–C–C–N with tert-alkyl or cyclic N) is 1. The van der Waals surface area contributed by atoms with Crippen molar-refractivity contribution in [2.24, 2.45) is 0 Å². The number of carbonyl (C=O) groups is 1. The molecule has 5 nitrogen and oxygen atoms in total. The molecule has 0 bridgehead atoms. The quantitative estimate of drug-likeness (QED) is 0.932. The first-order valence-corrected chi connectivity index (χ1v) is 7.74. The van der Waals surface area contributed by atoms with E-state index in [1.54, 1.807) is 4.90 Å². The molecule has 22 heavy (non-hydrogen) atoms. The van der Waals surface area contributed by atoms with Gasteiger partial charge in [0.2, 0.25) is 0 Å². The van der Waals surface area contributed by atoms with Crippen molar-refractivity contribution in [2.45, 2.75) is 25.6 Å². The summed E-state index contributed by atoms with van der Waals surface area (Å²) >= 11 is 0. The zero-order valence-corrected chi connectivity index (χ0v) is 13.4. The molecule has 1 N–H and O–H groups in total. The maximum absolute atomic E-state index is 12.9. The predicted molar refractivity (Wildman–Crippen MR) is 87.0 cm³/mol. The van der Waals surface area contributed by atoms with E-state index in [0.717, 1.165) is 23.0 Å². The summed E-state index contributed by atoms with van der Waals surface area (Å²) in [6.07, 6.45) is 1.45. The molecule has 0 spiro atoms. The van der Waals surface area contributed by atoms with Crippen molar-refractivity contribution < 1.29 is 9.90 Å². The molecule has 1 amide bonds. The molecule has 1 aliphatic rings. The zero-order chi connectivity index (χ0) is 15.9. The maximum Gasteiger partial charge on any atom is 0.256 e. The van der Waals surface area contributed by atoms with Crippen LogP contribution in [0.2, 0.25) is 0 Å². The van der Waals surface area contributed by atoms with Gasteiger partial charge in [0.25, 0.3) is 5.91 Å². The van der Waals surface area contributed by atoms with Crippen LogP contribution in [0.1, 0.15) is 17.3 Å². The molecule has 1 fully saturated rings. The standard InChI is InChI=1S/C17H23N3O2/c1-4-19-9-13(12-7-5-6-8-14(12)19)17(22)20-10-15(18(2)3)16(21)11-20/h5-9,15-16,21H,4,10-11H2,1-3H3/t15-,16-/m1/s1. The Morgan fingerprint density at radius 3 is 2.68 bits per heavy atom. The van der Waals surface area contributed by atoms with Crippen LogP contribution in [0, 0.1) is 0 Å². The third-order valence-electron chi connectivity index (χ3n) is 4.57. The summed E-state index contributed by atoms with van der Waals surface area (Å²) in [5.41, 5.74) is 1.81. The Morgan fingerprint density at radius 2 is 2.05 bits per heavy atom. The van der Waals surface area contributed by atoms with Crippen molar-refractivity contribution in [3.05, 3.63) is 36.0 Å². The van der Waals surface area contributed by atoms with Crippen molar-refractivity contribution in [2.75, 3.05) is 27.2 Å². The van der Waals surface area contributed by atoms with Gasteiger partial charge in [-0.05, 0) is 27.1 Å². The fourth-order valence-corrected chi connectivity index (χ4v) is 3.29. The number of aromatic nitrogens is 1. The molecule has 3 rings (SSSR count). The number of aliphatic hydroxyl groups excluding tert-OH is 1. The van der Waals surface area contributed by atoms with Crippen molar-refractivity contribution in [1.82, 2.24) is 14.4 Å². The fourth-order valence-electron chi connectivity index (χ4n) is 3.29. The van der Waals surface area contributed by atoms with Gasteiger partial charge in [-0.2, -0.15) is 0 Å². The number of fused-ring (bicyclic) bond motifs is 1. The van der Waals surface area contributed by atoms with Crippen LogP contribution in [0.4, 0.5) is 0 Å². The molecule has 2 atom stereocenters. The number of aliphatic hydroxyl groups is 1. The summed E-state index contributed by atoms with van der Waals surface area (Å²) in [5.74, 6) is 0.00630. The summed E-state index contributed by atoms with van der Waals surface area (Å²) < 4.78 is 2.10. The highest BCUT2D eigenvalue weighted by Gasteiger charge is 2.36. The van der Waals surface area contributed by atoms with Gasteiger partial charge in [0.1, 0.15) is 0 Å².